The summed E-state index contributed by atoms with van der Waals surface area (Å²) in [6.45, 7) is 0. The predicted molar refractivity (Wildman–Crippen MR) is 31.7 cm³/mol. The van der Waals surface area contributed by atoms with Gasteiger partial charge in [0.25, 0.3) is 0 Å². The molecule has 59 valence electrons. The van der Waals surface area contributed by atoms with Crippen molar-refractivity contribution < 1.29 is 17.9 Å². The molecule has 1 rings (SSSR count). The van der Waals surface area contributed by atoms with Crippen molar-refractivity contribution in [3.63, 3.8) is 0 Å². The van der Waals surface area contributed by atoms with E-state index in [0.29, 0.717) is 0 Å². The number of halogens is 3. The highest BCUT2D eigenvalue weighted by atomic mass is 19.2. The molecule has 0 unspecified atom stereocenters. The Balaban J connectivity index is 3.24. The average Bonchev–Trinajstić information content (AvgIpc) is 1.96. The fourth-order valence-electron chi connectivity index (χ4n) is 0.631. The Kier molecular flexibility index (Phi) is 2.03. The van der Waals surface area contributed by atoms with Gasteiger partial charge in [-0.15, -0.1) is 0 Å². The summed E-state index contributed by atoms with van der Waals surface area (Å²) in [5.41, 5.74) is 0. The molecule has 1 radical (unpaired) electrons. The summed E-state index contributed by atoms with van der Waals surface area (Å²) >= 11 is 0. The maximum atomic E-state index is 12.5. The van der Waals surface area contributed by atoms with E-state index in [1.165, 1.54) is 6.07 Å². The first-order chi connectivity index (χ1) is 5.15. The summed E-state index contributed by atoms with van der Waals surface area (Å²) in [6, 6.07) is 2.25. The smallest absolute Gasteiger partial charge is 0.201 e. The Morgan fingerprint density at radius 1 is 1.36 bits per heavy atom. The lowest BCUT2D eigenvalue weighted by Gasteiger charge is -2.00. The molecule has 11 heavy (non-hydrogen) atoms. The second-order valence-electron chi connectivity index (χ2n) is 1.81. The minimum Gasteiger partial charge on any atom is -0.493 e. The first-order valence-corrected chi connectivity index (χ1v) is 2.76. The van der Waals surface area contributed by atoms with Crippen LogP contribution in [0.25, 0.3) is 0 Å². The molecular formula is C7H4F3O. The summed E-state index contributed by atoms with van der Waals surface area (Å²) in [6.07, 6.45) is 0. The van der Waals surface area contributed by atoms with Crippen LogP contribution >= 0.6 is 0 Å². The molecule has 0 saturated carbocycles. The molecule has 0 amide bonds. The molecule has 0 aliphatic carbocycles. The second kappa shape index (κ2) is 2.82. The molecule has 1 nitrogen and oxygen atoms in total. The highest BCUT2D eigenvalue weighted by Crippen LogP contribution is 2.19. The minimum atomic E-state index is -1.37. The number of hydrogen-bond acceptors (Lipinski definition) is 1. The summed E-state index contributed by atoms with van der Waals surface area (Å²) < 4.78 is 41.3. The third kappa shape index (κ3) is 1.45. The molecular weight excluding hydrogens is 157 g/mol. The fourth-order valence-corrected chi connectivity index (χ4v) is 0.631. The third-order valence-corrected chi connectivity index (χ3v) is 1.12. The highest BCUT2D eigenvalue weighted by molar-refractivity contribution is 5.25. The van der Waals surface area contributed by atoms with E-state index in [1.807, 2.05) is 0 Å². The average molecular weight is 161 g/mol. The van der Waals surface area contributed by atoms with Gasteiger partial charge < -0.3 is 4.74 Å². The standard InChI is InChI=1S/C7H4F3O/c1-11-6-3-4(8)2-5(9)7(6)10/h3H,1H3. The van der Waals surface area contributed by atoms with E-state index in [4.69, 9.17) is 0 Å². The lowest BCUT2D eigenvalue weighted by molar-refractivity contribution is 0.366. The molecule has 0 atom stereocenters. The van der Waals surface area contributed by atoms with Gasteiger partial charge in [-0.05, 0) is 0 Å². The fraction of sp³-hybridized carbons (Fsp3) is 0.143. The molecule has 4 heteroatoms. The van der Waals surface area contributed by atoms with E-state index >= 15 is 0 Å². The lowest BCUT2D eigenvalue weighted by Crippen LogP contribution is -1.93. The van der Waals surface area contributed by atoms with E-state index in [2.05, 4.69) is 4.74 Å². The maximum absolute atomic E-state index is 12.5. The van der Waals surface area contributed by atoms with Crippen LogP contribution in [0.15, 0.2) is 6.07 Å². The van der Waals surface area contributed by atoms with Crippen LogP contribution in [-0.4, -0.2) is 7.11 Å². The molecule has 1 aromatic rings. The zero-order chi connectivity index (χ0) is 8.43. The normalized spacial score (nSPS) is 9.82. The molecule has 0 heterocycles. The van der Waals surface area contributed by atoms with Crippen molar-refractivity contribution >= 4 is 0 Å². The SMILES string of the molecule is COc1cc(F)[c]c(F)c1F. The zero-order valence-corrected chi connectivity index (χ0v) is 5.62. The Morgan fingerprint density at radius 3 is 2.55 bits per heavy atom. The number of benzene rings is 1. The number of methoxy groups -OCH3 is 1. The first-order valence-electron chi connectivity index (χ1n) is 2.76. The van der Waals surface area contributed by atoms with Crippen molar-refractivity contribution in [3.8, 4) is 5.75 Å². The number of rotatable bonds is 1. The Bertz CT molecular complexity index is 273. The van der Waals surface area contributed by atoms with E-state index in [9.17, 15) is 13.2 Å². The van der Waals surface area contributed by atoms with Gasteiger partial charge in [0.05, 0.1) is 13.2 Å². The van der Waals surface area contributed by atoms with Crippen molar-refractivity contribution in [1.29, 1.82) is 0 Å². The summed E-state index contributed by atoms with van der Waals surface area (Å²) in [5.74, 6) is -4.05. The minimum absolute atomic E-state index is 0.459. The molecule has 0 bridgehead atoms. The van der Waals surface area contributed by atoms with Crippen LogP contribution in [0, 0.1) is 23.5 Å². The Morgan fingerprint density at radius 2 is 2.00 bits per heavy atom. The van der Waals surface area contributed by atoms with Crippen molar-refractivity contribution in [3.05, 3.63) is 29.6 Å². The molecule has 0 saturated heterocycles. The molecule has 0 fully saturated rings. The van der Waals surface area contributed by atoms with Crippen LogP contribution in [0.5, 0.6) is 5.75 Å². The van der Waals surface area contributed by atoms with Crippen molar-refractivity contribution in [2.45, 2.75) is 0 Å². The molecule has 0 aromatic heterocycles. The van der Waals surface area contributed by atoms with Gasteiger partial charge in [-0.25, -0.2) is 8.78 Å². The summed E-state index contributed by atoms with van der Waals surface area (Å²) in [5, 5.41) is 0. The van der Waals surface area contributed by atoms with Gasteiger partial charge in [0.2, 0.25) is 5.82 Å². The van der Waals surface area contributed by atoms with Crippen molar-refractivity contribution in [2.24, 2.45) is 0 Å². The topological polar surface area (TPSA) is 9.23 Å². The molecule has 0 aliphatic heterocycles. The Labute approximate surface area is 61.4 Å². The summed E-state index contributed by atoms with van der Waals surface area (Å²) in [7, 11) is 1.12. The first kappa shape index (κ1) is 7.91. The maximum Gasteiger partial charge on any atom is 0.201 e. The van der Waals surface area contributed by atoms with Gasteiger partial charge in [0.15, 0.2) is 11.6 Å². The van der Waals surface area contributed by atoms with Gasteiger partial charge >= 0.3 is 0 Å². The van der Waals surface area contributed by atoms with Gasteiger partial charge in [0.1, 0.15) is 5.82 Å². The Hall–Kier alpha value is -1.19. The molecule has 1 aromatic carbocycles. The van der Waals surface area contributed by atoms with E-state index in [-0.39, 0.29) is 0 Å². The third-order valence-electron chi connectivity index (χ3n) is 1.12. The number of ether oxygens (including phenoxy) is 1. The zero-order valence-electron chi connectivity index (χ0n) is 5.62. The largest absolute Gasteiger partial charge is 0.493 e. The lowest BCUT2D eigenvalue weighted by atomic mass is 10.3. The molecule has 0 aliphatic rings. The second-order valence-corrected chi connectivity index (χ2v) is 1.81. The van der Waals surface area contributed by atoms with Crippen LogP contribution in [0.3, 0.4) is 0 Å². The summed E-state index contributed by atoms with van der Waals surface area (Å²) in [4.78, 5) is 0. The van der Waals surface area contributed by atoms with E-state index in [0.717, 1.165) is 13.2 Å². The number of hydrogen-bond donors (Lipinski definition) is 0. The van der Waals surface area contributed by atoms with Gasteiger partial charge in [-0.1, -0.05) is 0 Å². The van der Waals surface area contributed by atoms with E-state index < -0.39 is 23.2 Å². The predicted octanol–water partition coefficient (Wildman–Crippen LogP) is 1.91. The van der Waals surface area contributed by atoms with E-state index in [1.54, 1.807) is 0 Å². The van der Waals surface area contributed by atoms with Crippen LogP contribution < -0.4 is 4.74 Å². The van der Waals surface area contributed by atoms with Crippen LogP contribution in [-0.2, 0) is 0 Å². The van der Waals surface area contributed by atoms with Crippen molar-refractivity contribution in [1.82, 2.24) is 0 Å². The van der Waals surface area contributed by atoms with Crippen LogP contribution in [0.4, 0.5) is 13.2 Å². The van der Waals surface area contributed by atoms with Gasteiger partial charge in [-0.2, -0.15) is 4.39 Å². The molecule has 0 spiro atoms. The van der Waals surface area contributed by atoms with Crippen molar-refractivity contribution in [2.75, 3.05) is 7.11 Å². The monoisotopic (exact) mass is 161 g/mol. The van der Waals surface area contributed by atoms with Crippen LogP contribution in [0.2, 0.25) is 0 Å². The highest BCUT2D eigenvalue weighted by Gasteiger charge is 2.10. The molecule has 0 N–H and O–H groups in total. The van der Waals surface area contributed by atoms with Gasteiger partial charge in [-0.3, -0.25) is 0 Å². The van der Waals surface area contributed by atoms with Gasteiger partial charge in [0, 0.05) is 6.07 Å². The van der Waals surface area contributed by atoms with Crippen LogP contribution in [0.1, 0.15) is 0 Å². The quantitative estimate of drug-likeness (QED) is 0.571.